The van der Waals surface area contributed by atoms with E-state index in [9.17, 15) is 43.7 Å². The second-order valence-electron chi connectivity index (χ2n) is 29.9. The Balaban J connectivity index is 0.000000128. The first kappa shape index (κ1) is 93.4. The molecular formula is C60H67F4N29O27P6S6. The minimum Gasteiger partial charge on any atom is -0.397 e. The van der Waals surface area contributed by atoms with E-state index in [1.54, 1.807) is 0 Å². The van der Waals surface area contributed by atoms with Crippen LogP contribution in [0.3, 0.4) is 0 Å². The number of halogens is 4. The minimum atomic E-state index is -4.29. The molecule has 56 nitrogen and oxygen atoms in total. The van der Waals surface area contributed by atoms with Crippen LogP contribution in [0, 0.1) is 0 Å². The van der Waals surface area contributed by atoms with Crippen LogP contribution in [0.25, 0.3) is 66.9 Å². The van der Waals surface area contributed by atoms with Crippen molar-refractivity contribution in [1.29, 1.82) is 0 Å². The van der Waals surface area contributed by atoms with Gasteiger partial charge < -0.3 is 132 Å². The van der Waals surface area contributed by atoms with Crippen LogP contribution >= 0.6 is 40.3 Å². The van der Waals surface area contributed by atoms with Crippen molar-refractivity contribution in [2.45, 2.75) is 148 Å². The van der Waals surface area contributed by atoms with Gasteiger partial charge in [-0.1, -0.05) is 20.9 Å². The number of hydrogen-bond donors (Lipinski definition) is 14. The Morgan fingerprint density at radius 3 is 1.19 bits per heavy atom. The molecule has 19 N–H and O–H groups in total. The molecule has 21 rings (SSSR count). The maximum absolute atomic E-state index is 16.0. The van der Waals surface area contributed by atoms with Gasteiger partial charge in [-0.3, -0.25) is 47.0 Å². The Bertz CT molecular complexity index is 6740. The summed E-state index contributed by atoms with van der Waals surface area (Å²) in [5.41, 5.74) is 29.4. The molecule has 0 radical (unpaired) electrons. The first-order valence-electron chi connectivity index (χ1n) is 38.4. The average Bonchev–Trinajstić information content (AvgIpc) is 1.61. The molecule has 6 bridgehead atoms. The number of aromatic amines is 3. The number of H-pyrrole nitrogens is 3. The van der Waals surface area contributed by atoms with Gasteiger partial charge in [0.25, 0.3) is 16.7 Å². The summed E-state index contributed by atoms with van der Waals surface area (Å²) in [5.74, 6) is -0.406. The van der Waals surface area contributed by atoms with Crippen molar-refractivity contribution in [2.24, 2.45) is 0 Å². The van der Waals surface area contributed by atoms with Gasteiger partial charge in [0.05, 0.1) is 87.1 Å². The van der Waals surface area contributed by atoms with Crippen LogP contribution in [-0.4, -0.2) is 286 Å². The highest BCUT2D eigenvalue weighted by atomic mass is 32.5. The van der Waals surface area contributed by atoms with Crippen LogP contribution in [-0.2, 0) is 154 Å². The predicted octanol–water partition coefficient (Wildman–Crippen LogP) is 0.0589. The Morgan fingerprint density at radius 2 is 0.727 bits per heavy atom. The SMILES string of the molecule is Nc1ccnc2c1ncn2[C@@H]1O[C@@H]2COP(O)(=S)O[C@@H]3[C@@H](F)[C@@H](COP(O)(=S)O[C@H]2[C@@H]1F)O[C@H]3n1cnc2c(=O)[nH]ccc21.Nc1nc2c(nnn2[C@@H]2O[C@@H]3COP(O)(=S)O[C@H]4[C@H](F)[C@H](n5nnc6c(N)ccnc65)O[C@@H]4COP(O)(=S)O[C@@H]2C3)c(=O)[nH]1.Nc1nc2c(nnn2[C@@H]2O[C@@H]3COP(O)(=S)O[C@H]4[C@H](F)[C@H](n5nnc6c(N)ccnc65)O[C@@H]4COP(O)(=S)O[C@@H]2C3)c(=O)[nH]1. The molecule has 28 atom stereocenters. The Hall–Kier alpha value is -7.64. The lowest BCUT2D eigenvalue weighted by atomic mass is 10.1. The number of anilines is 5. The molecule has 9 saturated heterocycles. The van der Waals surface area contributed by atoms with Crippen molar-refractivity contribution in [2.75, 3.05) is 68.3 Å². The van der Waals surface area contributed by atoms with Crippen LogP contribution in [0.2, 0.25) is 0 Å². The number of nitrogens with two attached hydrogens (primary N) is 5. The number of alkyl halides is 4. The highest BCUT2D eigenvalue weighted by molar-refractivity contribution is 8.08. The molecule has 132 heavy (non-hydrogen) atoms. The molecule has 9 aliphatic heterocycles. The van der Waals surface area contributed by atoms with Gasteiger partial charge in [-0.25, -0.2) is 42.5 Å². The van der Waals surface area contributed by atoms with E-state index < -0.39 is 219 Å². The standard InChI is InChI=1S/C22H23F2N7O9P2S2.2C19H22FN11O9P2S2/c23-13-11-5-35-41(33,43)39-17-12(38-21(14(17)24)31-8-28-15-9(25)1-3-26-19(15)31)6-36-42(34,44)40-18(13)22(37-11)30-7-29-16-10(30)2-4-27-20(16)32;2*20-10-13-9(38-18(10)30-14-11(26-28-30)7(21)1-2-23-14)5-36-41(33,43)39-8-3-6(4-35-42(34,44)40-13)37-17(8)31-15-12(27-29-31)16(32)25-19(22)24-15/h1-4,7-8,11-14,17-18,21-22H,5-6H2,(H2,25,26)(H,27,32)(H,33,43)(H,34,44);2*1-2,6,8-10,13,17-18H,3-5H2,(H2,21,23)(H,33,43)(H,34,44)(H3,22,24,25,32)/t11-,12-,13+,14+,17-,18-,21-,22-,41?,42?;2*6-,8+,9+,10-,13+,17+,18+,41?,42?/m100/s1. The molecule has 0 aliphatic carbocycles. The Labute approximate surface area is 760 Å². The maximum atomic E-state index is 16.0. The molecule has 0 saturated carbocycles. The monoisotopic (exact) mass is 2080 g/mol. The van der Waals surface area contributed by atoms with Gasteiger partial charge in [0.15, 0.2) is 118 Å². The van der Waals surface area contributed by atoms with Crippen LogP contribution in [0.5, 0.6) is 0 Å². The number of nitrogens with zero attached hydrogens (tertiary/aromatic N) is 21. The van der Waals surface area contributed by atoms with Crippen molar-refractivity contribution in [3.05, 3.63) is 92.8 Å². The first-order valence-corrected chi connectivity index (χ1v) is 53.9. The maximum Gasteiger partial charge on any atom is 0.325 e. The lowest BCUT2D eigenvalue weighted by molar-refractivity contribution is -0.0651. The summed E-state index contributed by atoms with van der Waals surface area (Å²) in [6, 6.07) is 6.05. The lowest BCUT2D eigenvalue weighted by Crippen LogP contribution is -2.34. The minimum absolute atomic E-state index is 0.0228. The third kappa shape index (κ3) is 18.5. The van der Waals surface area contributed by atoms with Crippen LogP contribution < -0.4 is 45.3 Å². The molecule has 21 heterocycles. The van der Waals surface area contributed by atoms with Gasteiger partial charge in [0.2, 0.25) is 11.9 Å². The second-order valence-corrected chi connectivity index (χ2v) is 46.6. The van der Waals surface area contributed by atoms with E-state index in [0.29, 0.717) is 11.2 Å². The van der Waals surface area contributed by atoms with Crippen molar-refractivity contribution < 1.29 is 130 Å². The largest absolute Gasteiger partial charge is 0.397 e. The molecule has 0 spiro atoms. The second kappa shape index (κ2) is 36.0. The highest BCUT2D eigenvalue weighted by Gasteiger charge is 2.58. The first-order chi connectivity index (χ1) is 62.7. The Morgan fingerprint density at radius 1 is 0.364 bits per heavy atom. The topological polar surface area (TPSA) is 739 Å². The fourth-order valence-electron chi connectivity index (χ4n) is 15.5. The average molecular weight is 2080 g/mol. The molecule has 12 aromatic heterocycles. The van der Waals surface area contributed by atoms with Gasteiger partial charge in [-0.05, 0) is 95.1 Å². The Kier molecular flexibility index (Phi) is 25.5. The number of nitrogens with one attached hydrogen (secondary N) is 3. The van der Waals surface area contributed by atoms with Crippen LogP contribution in [0.15, 0.2) is 76.1 Å². The smallest absolute Gasteiger partial charge is 0.325 e. The third-order valence-corrected chi connectivity index (χ3v) is 30.8. The van der Waals surface area contributed by atoms with E-state index in [1.165, 1.54) is 70.8 Å². The molecule has 9 aliphatic rings. The van der Waals surface area contributed by atoms with Gasteiger partial charge >= 0.3 is 40.3 Å². The van der Waals surface area contributed by atoms with E-state index in [2.05, 4.69) is 91.1 Å². The van der Waals surface area contributed by atoms with Gasteiger partial charge in [-0.2, -0.15) is 28.7 Å². The molecule has 12 aromatic rings. The number of pyridine rings is 4. The summed E-state index contributed by atoms with van der Waals surface area (Å²) < 4.78 is 173. The number of rotatable bonds is 6. The highest BCUT2D eigenvalue weighted by Crippen LogP contribution is 2.59. The fourth-order valence-corrected chi connectivity index (χ4v) is 24.2. The normalized spacial score (nSPS) is 37.1. The van der Waals surface area contributed by atoms with Crippen molar-refractivity contribution in [3.8, 4) is 0 Å². The van der Waals surface area contributed by atoms with Gasteiger partial charge in [-0.15, -0.1) is 20.4 Å². The van der Waals surface area contributed by atoms with Crippen molar-refractivity contribution in [1.82, 2.24) is 119 Å². The van der Waals surface area contributed by atoms with E-state index >= 15 is 17.6 Å². The molecule has 72 heteroatoms. The number of imidazole rings is 2. The molecule has 0 amide bonds. The number of fused-ring (bicyclic) bond motifs is 15. The van der Waals surface area contributed by atoms with Crippen molar-refractivity contribution >= 4 is 207 Å². The van der Waals surface area contributed by atoms with Crippen LogP contribution in [0.4, 0.5) is 46.5 Å². The van der Waals surface area contributed by atoms with E-state index in [0.717, 1.165) is 18.7 Å². The number of nitrogen functional groups attached to an aromatic ring is 5. The zero-order valence-corrected chi connectivity index (χ0v) is 76.1. The predicted molar refractivity (Wildman–Crippen MR) is 459 cm³/mol. The molecule has 708 valence electrons. The molecular weight excluding hydrogens is 2010 g/mol. The van der Waals surface area contributed by atoms with E-state index in [4.69, 9.17) is 182 Å². The van der Waals surface area contributed by atoms with E-state index in [1.807, 2.05) is 0 Å². The number of hydrogen-bond acceptors (Lipinski definition) is 47. The van der Waals surface area contributed by atoms with Gasteiger partial charge in [0.1, 0.15) is 66.6 Å². The summed E-state index contributed by atoms with van der Waals surface area (Å²) >= 11 is 31.2. The summed E-state index contributed by atoms with van der Waals surface area (Å²) in [7, 11) is 0. The summed E-state index contributed by atoms with van der Waals surface area (Å²) in [6.45, 7) is -28.2. The summed E-state index contributed by atoms with van der Waals surface area (Å²) in [4.78, 5) is 139. The fraction of sp³-hybridized carbons (Fsp3) is 0.500. The molecule has 6 unspecified atom stereocenters. The summed E-state index contributed by atoms with van der Waals surface area (Å²) in [5, 5.41) is 31.3. The lowest BCUT2D eigenvalue weighted by Gasteiger charge is -2.27. The van der Waals surface area contributed by atoms with Crippen molar-refractivity contribution in [3.63, 3.8) is 0 Å². The summed E-state index contributed by atoms with van der Waals surface area (Å²) in [6.07, 6.45) is -23.3. The number of ether oxygens (including phenoxy) is 6. The molecule has 9 fully saturated rings. The van der Waals surface area contributed by atoms with Gasteiger partial charge in [0, 0.05) is 37.6 Å². The zero-order valence-electron chi connectivity index (χ0n) is 65.8. The van der Waals surface area contributed by atoms with E-state index in [-0.39, 0.29) is 111 Å². The zero-order chi connectivity index (χ0) is 92.9. The molecule has 0 aromatic carbocycles. The quantitative estimate of drug-likeness (QED) is 0.0773. The third-order valence-electron chi connectivity index (χ3n) is 21.4. The van der Waals surface area contributed by atoms with Crippen LogP contribution in [0.1, 0.15) is 50.2 Å². The number of aromatic nitrogens is 24.